The van der Waals surface area contributed by atoms with Gasteiger partial charge in [-0.1, -0.05) is 20.4 Å². The first kappa shape index (κ1) is 14.2. The number of allylic oxidation sites excluding steroid dienone is 1. The average molecular weight is 273 g/mol. The van der Waals surface area contributed by atoms with Gasteiger partial charge in [0.15, 0.2) is 0 Å². The molecule has 106 valence electrons. The van der Waals surface area contributed by atoms with E-state index < -0.39 is 6.04 Å². The summed E-state index contributed by atoms with van der Waals surface area (Å²) in [5.41, 5.74) is 2.10. The predicted molar refractivity (Wildman–Crippen MR) is 76.1 cm³/mol. The maximum Gasteiger partial charge on any atom is 0.253 e. The number of pyridine rings is 1. The van der Waals surface area contributed by atoms with Gasteiger partial charge in [-0.3, -0.25) is 14.6 Å². The molecule has 2 rings (SSSR count). The Hall–Kier alpha value is -2.17. The first-order valence-electron chi connectivity index (χ1n) is 6.73. The second-order valence-corrected chi connectivity index (χ2v) is 5.28. The van der Waals surface area contributed by atoms with Gasteiger partial charge in [0.25, 0.3) is 5.91 Å². The van der Waals surface area contributed by atoms with Crippen molar-refractivity contribution in [1.82, 2.24) is 15.6 Å². The van der Waals surface area contributed by atoms with Crippen molar-refractivity contribution < 1.29 is 9.59 Å². The number of hydrogen-bond acceptors (Lipinski definition) is 3. The van der Waals surface area contributed by atoms with E-state index in [9.17, 15) is 9.59 Å². The molecule has 0 radical (unpaired) electrons. The third-order valence-corrected chi connectivity index (χ3v) is 3.30. The first-order valence-corrected chi connectivity index (χ1v) is 6.73. The van der Waals surface area contributed by atoms with E-state index in [1.165, 1.54) is 0 Å². The fraction of sp³-hybridized carbons (Fsp3) is 0.400. The lowest BCUT2D eigenvalue weighted by Crippen LogP contribution is -2.49. The van der Waals surface area contributed by atoms with Gasteiger partial charge in [-0.15, -0.1) is 0 Å². The standard InChI is InChI=1S/C15H19N3O2/c1-9(2)12-7-5-11(8-16-12)14(19)18-13-6-4-10(3)17-15(13)20/h5,7-9,13H,3-4,6H2,1-2H3,(H,17,20)(H,18,19). The number of amides is 2. The van der Waals surface area contributed by atoms with Crippen molar-refractivity contribution >= 4 is 11.8 Å². The van der Waals surface area contributed by atoms with E-state index in [-0.39, 0.29) is 11.8 Å². The fourth-order valence-corrected chi connectivity index (χ4v) is 2.03. The Morgan fingerprint density at radius 2 is 2.25 bits per heavy atom. The molecule has 2 N–H and O–H groups in total. The fourth-order valence-electron chi connectivity index (χ4n) is 2.03. The Morgan fingerprint density at radius 3 is 2.80 bits per heavy atom. The smallest absolute Gasteiger partial charge is 0.253 e. The molecule has 1 aromatic rings. The van der Waals surface area contributed by atoms with E-state index in [1.54, 1.807) is 12.3 Å². The van der Waals surface area contributed by atoms with Crippen LogP contribution in [-0.2, 0) is 4.79 Å². The zero-order valence-corrected chi connectivity index (χ0v) is 11.8. The summed E-state index contributed by atoms with van der Waals surface area (Å²) in [5.74, 6) is -0.163. The summed E-state index contributed by atoms with van der Waals surface area (Å²) in [6.07, 6.45) is 2.81. The summed E-state index contributed by atoms with van der Waals surface area (Å²) in [5, 5.41) is 5.37. The highest BCUT2D eigenvalue weighted by atomic mass is 16.2. The monoisotopic (exact) mass is 273 g/mol. The first-order chi connectivity index (χ1) is 9.47. The molecular formula is C15H19N3O2. The summed E-state index contributed by atoms with van der Waals surface area (Å²) in [6, 6.07) is 3.07. The summed E-state index contributed by atoms with van der Waals surface area (Å²) in [4.78, 5) is 28.0. The van der Waals surface area contributed by atoms with Gasteiger partial charge >= 0.3 is 0 Å². The Balaban J connectivity index is 2.01. The van der Waals surface area contributed by atoms with E-state index in [0.29, 0.717) is 30.0 Å². The molecule has 1 saturated heterocycles. The van der Waals surface area contributed by atoms with E-state index >= 15 is 0 Å². The molecule has 5 nitrogen and oxygen atoms in total. The molecule has 1 aliphatic rings. The van der Waals surface area contributed by atoms with Crippen molar-refractivity contribution in [2.24, 2.45) is 0 Å². The molecule has 1 fully saturated rings. The highest BCUT2D eigenvalue weighted by molar-refractivity contribution is 5.97. The average Bonchev–Trinajstić information content (AvgIpc) is 2.42. The normalized spacial score (nSPS) is 18.9. The molecule has 5 heteroatoms. The molecule has 1 unspecified atom stereocenters. The lowest BCUT2D eigenvalue weighted by atomic mass is 10.0. The number of carbonyl (C=O) groups excluding carboxylic acids is 2. The maximum absolute atomic E-state index is 12.1. The molecule has 1 atom stereocenters. The molecule has 0 aliphatic carbocycles. The van der Waals surface area contributed by atoms with Crippen molar-refractivity contribution in [3.63, 3.8) is 0 Å². The quantitative estimate of drug-likeness (QED) is 0.881. The molecule has 0 aromatic carbocycles. The van der Waals surface area contributed by atoms with Crippen LogP contribution < -0.4 is 10.6 Å². The highest BCUT2D eigenvalue weighted by Crippen LogP contribution is 2.13. The lowest BCUT2D eigenvalue weighted by molar-refractivity contribution is -0.123. The third-order valence-electron chi connectivity index (χ3n) is 3.30. The van der Waals surface area contributed by atoms with E-state index in [4.69, 9.17) is 0 Å². The van der Waals surface area contributed by atoms with E-state index in [1.807, 2.05) is 19.9 Å². The van der Waals surface area contributed by atoms with Crippen molar-refractivity contribution in [2.45, 2.75) is 38.6 Å². The molecule has 2 heterocycles. The van der Waals surface area contributed by atoms with Crippen LogP contribution in [0.25, 0.3) is 0 Å². The van der Waals surface area contributed by atoms with Gasteiger partial charge in [-0.25, -0.2) is 0 Å². The van der Waals surface area contributed by atoms with Gasteiger partial charge in [-0.2, -0.15) is 0 Å². The number of hydrogen-bond donors (Lipinski definition) is 2. The Kier molecular flexibility index (Phi) is 4.17. The number of carbonyl (C=O) groups is 2. The van der Waals surface area contributed by atoms with Crippen LogP contribution in [0.5, 0.6) is 0 Å². The van der Waals surface area contributed by atoms with Crippen molar-refractivity contribution in [2.75, 3.05) is 0 Å². The highest BCUT2D eigenvalue weighted by Gasteiger charge is 2.25. The number of nitrogens with zero attached hydrogens (tertiary/aromatic N) is 1. The summed E-state index contributed by atoms with van der Waals surface area (Å²) >= 11 is 0. The molecule has 1 aromatic heterocycles. The maximum atomic E-state index is 12.1. The van der Waals surface area contributed by atoms with Crippen LogP contribution in [0.2, 0.25) is 0 Å². The Labute approximate surface area is 118 Å². The molecule has 0 spiro atoms. The lowest BCUT2D eigenvalue weighted by Gasteiger charge is -2.24. The SMILES string of the molecule is C=C1CCC(NC(=O)c2ccc(C(C)C)nc2)C(=O)N1. The van der Waals surface area contributed by atoms with E-state index in [2.05, 4.69) is 22.2 Å². The largest absolute Gasteiger partial charge is 0.340 e. The molecular weight excluding hydrogens is 254 g/mol. The zero-order chi connectivity index (χ0) is 14.7. The number of piperidine rings is 1. The van der Waals surface area contributed by atoms with Gasteiger partial charge < -0.3 is 10.6 Å². The van der Waals surface area contributed by atoms with Crippen molar-refractivity contribution in [3.8, 4) is 0 Å². The summed E-state index contributed by atoms with van der Waals surface area (Å²) in [6.45, 7) is 7.79. The van der Waals surface area contributed by atoms with Crippen LogP contribution in [0.1, 0.15) is 48.7 Å². The molecule has 20 heavy (non-hydrogen) atoms. The number of rotatable bonds is 3. The van der Waals surface area contributed by atoms with Crippen LogP contribution in [-0.4, -0.2) is 22.8 Å². The van der Waals surface area contributed by atoms with Crippen LogP contribution in [0, 0.1) is 0 Å². The Morgan fingerprint density at radius 1 is 1.50 bits per heavy atom. The van der Waals surface area contributed by atoms with Crippen LogP contribution >= 0.6 is 0 Å². The van der Waals surface area contributed by atoms with Crippen molar-refractivity contribution in [1.29, 1.82) is 0 Å². The molecule has 0 bridgehead atoms. The third kappa shape index (κ3) is 3.23. The minimum atomic E-state index is -0.502. The predicted octanol–water partition coefficient (Wildman–Crippen LogP) is 1.73. The minimum absolute atomic E-state index is 0.207. The minimum Gasteiger partial charge on any atom is -0.340 e. The summed E-state index contributed by atoms with van der Waals surface area (Å²) in [7, 11) is 0. The summed E-state index contributed by atoms with van der Waals surface area (Å²) < 4.78 is 0. The van der Waals surface area contributed by atoms with Gasteiger partial charge in [0.2, 0.25) is 5.91 Å². The molecule has 1 aliphatic heterocycles. The van der Waals surface area contributed by atoms with Gasteiger partial charge in [0.05, 0.1) is 5.56 Å². The van der Waals surface area contributed by atoms with Crippen LogP contribution in [0.15, 0.2) is 30.6 Å². The molecule has 2 amide bonds. The zero-order valence-electron chi connectivity index (χ0n) is 11.8. The van der Waals surface area contributed by atoms with Crippen LogP contribution in [0.3, 0.4) is 0 Å². The van der Waals surface area contributed by atoms with Crippen LogP contribution in [0.4, 0.5) is 0 Å². The Bertz CT molecular complexity index is 535. The van der Waals surface area contributed by atoms with Crippen molar-refractivity contribution in [3.05, 3.63) is 41.9 Å². The number of aromatic nitrogens is 1. The van der Waals surface area contributed by atoms with Gasteiger partial charge in [0, 0.05) is 17.6 Å². The second-order valence-electron chi connectivity index (χ2n) is 5.28. The van der Waals surface area contributed by atoms with Gasteiger partial charge in [-0.05, 0) is 30.9 Å². The van der Waals surface area contributed by atoms with E-state index in [0.717, 1.165) is 5.69 Å². The second kappa shape index (κ2) is 5.86. The van der Waals surface area contributed by atoms with Gasteiger partial charge in [0.1, 0.15) is 6.04 Å². The number of nitrogens with one attached hydrogen (secondary N) is 2. The molecule has 0 saturated carbocycles. The topological polar surface area (TPSA) is 71.1 Å².